The molecule has 0 radical (unpaired) electrons. The maximum Gasteiger partial charge on any atom is 0.136 e. The molecule has 2 aliphatic rings. The van der Waals surface area contributed by atoms with Crippen LogP contribution in [0.5, 0.6) is 0 Å². The molecule has 2 saturated carbocycles. The van der Waals surface area contributed by atoms with Gasteiger partial charge in [0.05, 0.1) is 0 Å². The number of hydrogen-bond acceptors (Lipinski definition) is 1. The minimum atomic E-state index is 0.386. The molecule has 1 nitrogen and oxygen atoms in total. The number of carbonyl (C=O) groups is 1. The normalized spacial score (nSPS) is 45.9. The Labute approximate surface area is 93.6 Å². The first-order valence-corrected chi connectivity index (χ1v) is 6.50. The van der Waals surface area contributed by atoms with Crippen LogP contribution < -0.4 is 0 Å². The van der Waals surface area contributed by atoms with Crippen LogP contribution in [0.4, 0.5) is 0 Å². The van der Waals surface area contributed by atoms with Crippen molar-refractivity contribution in [2.75, 3.05) is 0 Å². The van der Waals surface area contributed by atoms with E-state index < -0.39 is 0 Å². The van der Waals surface area contributed by atoms with Crippen molar-refractivity contribution in [3.63, 3.8) is 0 Å². The highest BCUT2D eigenvalue weighted by molar-refractivity contribution is 5.82. The smallest absolute Gasteiger partial charge is 0.136 e. The zero-order chi connectivity index (χ0) is 11.2. The summed E-state index contributed by atoms with van der Waals surface area (Å²) >= 11 is 0. The molecule has 1 heteroatoms. The Morgan fingerprint density at radius 1 is 1.33 bits per heavy atom. The molecule has 0 heterocycles. The largest absolute Gasteiger partial charge is 0.299 e. The molecular formula is C14H24O. The summed E-state index contributed by atoms with van der Waals surface area (Å²) in [4.78, 5) is 12.0. The van der Waals surface area contributed by atoms with Gasteiger partial charge >= 0.3 is 0 Å². The first kappa shape index (κ1) is 11.2. The standard InChI is InChI=1S/C14H24O/c1-9(2)14-6-5-10(3)12(8-14)13(15)7-11(14)4/h9-12H,5-8H2,1-4H3. The van der Waals surface area contributed by atoms with E-state index in [1.807, 2.05) is 0 Å². The predicted octanol–water partition coefficient (Wildman–Crippen LogP) is 3.67. The fraction of sp³-hybridized carbons (Fsp3) is 0.929. The Kier molecular flexibility index (Phi) is 2.68. The molecule has 0 spiro atoms. The first-order chi connectivity index (χ1) is 6.97. The molecule has 2 fully saturated rings. The van der Waals surface area contributed by atoms with Gasteiger partial charge in [0.25, 0.3) is 0 Å². The third-order valence-electron chi connectivity index (χ3n) is 5.40. The summed E-state index contributed by atoms with van der Waals surface area (Å²) in [5.74, 6) is 2.91. The van der Waals surface area contributed by atoms with Crippen LogP contribution in [-0.4, -0.2) is 5.78 Å². The molecule has 86 valence electrons. The van der Waals surface area contributed by atoms with Gasteiger partial charge in [-0.25, -0.2) is 0 Å². The van der Waals surface area contributed by atoms with Gasteiger partial charge in [-0.3, -0.25) is 4.79 Å². The third kappa shape index (κ3) is 1.55. The number of ketones is 1. The highest BCUT2D eigenvalue weighted by atomic mass is 16.1. The lowest BCUT2D eigenvalue weighted by atomic mass is 9.51. The van der Waals surface area contributed by atoms with E-state index in [0.717, 1.165) is 12.3 Å². The van der Waals surface area contributed by atoms with Crippen LogP contribution in [0, 0.1) is 29.1 Å². The fourth-order valence-electron chi connectivity index (χ4n) is 4.04. The Balaban J connectivity index is 2.29. The monoisotopic (exact) mass is 208 g/mol. The van der Waals surface area contributed by atoms with E-state index in [2.05, 4.69) is 27.7 Å². The summed E-state index contributed by atoms with van der Waals surface area (Å²) in [5, 5.41) is 0. The summed E-state index contributed by atoms with van der Waals surface area (Å²) < 4.78 is 0. The lowest BCUT2D eigenvalue weighted by molar-refractivity contribution is -0.139. The molecule has 0 saturated heterocycles. The van der Waals surface area contributed by atoms with Crippen LogP contribution in [0.3, 0.4) is 0 Å². The Morgan fingerprint density at radius 2 is 2.00 bits per heavy atom. The van der Waals surface area contributed by atoms with Gasteiger partial charge in [-0.05, 0) is 42.4 Å². The van der Waals surface area contributed by atoms with Gasteiger partial charge in [0.1, 0.15) is 5.78 Å². The minimum absolute atomic E-state index is 0.386. The Morgan fingerprint density at radius 3 is 2.60 bits per heavy atom. The number of fused-ring (bicyclic) bond motifs is 2. The molecule has 0 amide bonds. The number of Topliss-reactive ketones (excluding diaryl/α,β-unsaturated/α-hetero) is 1. The summed E-state index contributed by atoms with van der Waals surface area (Å²) in [5.41, 5.74) is 0.477. The van der Waals surface area contributed by atoms with Gasteiger partial charge in [0.2, 0.25) is 0 Å². The van der Waals surface area contributed by atoms with Crippen LogP contribution >= 0.6 is 0 Å². The quantitative estimate of drug-likeness (QED) is 0.642. The van der Waals surface area contributed by atoms with Crippen LogP contribution in [0.1, 0.15) is 53.4 Å². The molecule has 0 aromatic carbocycles. The number of carbonyl (C=O) groups excluding carboxylic acids is 1. The van der Waals surface area contributed by atoms with Gasteiger partial charge in [-0.2, -0.15) is 0 Å². The average Bonchev–Trinajstić information content (AvgIpc) is 2.16. The molecule has 4 atom stereocenters. The number of rotatable bonds is 1. The van der Waals surface area contributed by atoms with Crippen LogP contribution in [0.15, 0.2) is 0 Å². The summed E-state index contributed by atoms with van der Waals surface area (Å²) in [7, 11) is 0. The molecule has 0 aliphatic heterocycles. The summed E-state index contributed by atoms with van der Waals surface area (Å²) in [6, 6.07) is 0. The van der Waals surface area contributed by atoms with Crippen LogP contribution in [-0.2, 0) is 4.79 Å². The predicted molar refractivity (Wildman–Crippen MR) is 62.6 cm³/mol. The molecule has 0 aromatic rings. The van der Waals surface area contributed by atoms with Crippen LogP contribution in [0.2, 0.25) is 0 Å². The van der Waals surface area contributed by atoms with E-state index in [9.17, 15) is 4.79 Å². The van der Waals surface area contributed by atoms with Crippen molar-refractivity contribution in [3.05, 3.63) is 0 Å². The van der Waals surface area contributed by atoms with Gasteiger partial charge in [-0.1, -0.05) is 27.7 Å². The van der Waals surface area contributed by atoms with Crippen molar-refractivity contribution in [3.8, 4) is 0 Å². The van der Waals surface area contributed by atoms with E-state index in [0.29, 0.717) is 29.0 Å². The topological polar surface area (TPSA) is 17.1 Å². The zero-order valence-corrected chi connectivity index (χ0v) is 10.5. The second-order valence-corrected chi connectivity index (χ2v) is 6.29. The number of hydrogen-bond donors (Lipinski definition) is 0. The Bertz CT molecular complexity index is 269. The van der Waals surface area contributed by atoms with E-state index in [1.54, 1.807) is 0 Å². The van der Waals surface area contributed by atoms with Gasteiger partial charge < -0.3 is 0 Å². The lowest BCUT2D eigenvalue weighted by Crippen LogP contribution is -2.49. The molecule has 4 unspecified atom stereocenters. The molecule has 0 N–H and O–H groups in total. The summed E-state index contributed by atoms with van der Waals surface area (Å²) in [6.45, 7) is 9.26. The Hall–Kier alpha value is -0.330. The van der Waals surface area contributed by atoms with E-state index >= 15 is 0 Å². The van der Waals surface area contributed by atoms with Crippen LogP contribution in [0.25, 0.3) is 0 Å². The molecule has 2 bridgehead atoms. The first-order valence-electron chi connectivity index (χ1n) is 6.50. The third-order valence-corrected chi connectivity index (χ3v) is 5.40. The van der Waals surface area contributed by atoms with Gasteiger partial charge in [0, 0.05) is 12.3 Å². The lowest BCUT2D eigenvalue weighted by Gasteiger charge is -2.53. The van der Waals surface area contributed by atoms with Crippen molar-refractivity contribution in [1.29, 1.82) is 0 Å². The van der Waals surface area contributed by atoms with Gasteiger partial charge in [0.15, 0.2) is 0 Å². The van der Waals surface area contributed by atoms with Gasteiger partial charge in [-0.15, -0.1) is 0 Å². The molecule has 15 heavy (non-hydrogen) atoms. The van der Waals surface area contributed by atoms with Crippen molar-refractivity contribution in [2.24, 2.45) is 29.1 Å². The minimum Gasteiger partial charge on any atom is -0.299 e. The SMILES string of the molecule is CC1CCC2(C(C)C)CC1C(=O)CC2C. The highest BCUT2D eigenvalue weighted by Crippen LogP contribution is 2.56. The molecular weight excluding hydrogens is 184 g/mol. The van der Waals surface area contributed by atoms with E-state index in [4.69, 9.17) is 0 Å². The second-order valence-electron chi connectivity index (χ2n) is 6.29. The van der Waals surface area contributed by atoms with Crippen molar-refractivity contribution >= 4 is 5.78 Å². The average molecular weight is 208 g/mol. The second kappa shape index (κ2) is 3.61. The van der Waals surface area contributed by atoms with Crippen molar-refractivity contribution in [2.45, 2.75) is 53.4 Å². The molecule has 2 rings (SSSR count). The van der Waals surface area contributed by atoms with Crippen molar-refractivity contribution < 1.29 is 4.79 Å². The molecule has 2 aliphatic carbocycles. The fourth-order valence-corrected chi connectivity index (χ4v) is 4.04. The van der Waals surface area contributed by atoms with Crippen molar-refractivity contribution in [1.82, 2.24) is 0 Å². The maximum atomic E-state index is 12.0. The zero-order valence-electron chi connectivity index (χ0n) is 10.5. The highest BCUT2D eigenvalue weighted by Gasteiger charge is 2.50. The van der Waals surface area contributed by atoms with E-state index in [1.165, 1.54) is 19.3 Å². The summed E-state index contributed by atoms with van der Waals surface area (Å²) in [6.07, 6.45) is 4.62. The molecule has 0 aromatic heterocycles. The maximum absolute atomic E-state index is 12.0. The van der Waals surface area contributed by atoms with E-state index in [-0.39, 0.29) is 0 Å².